The van der Waals surface area contributed by atoms with E-state index in [2.05, 4.69) is 15.4 Å². The quantitative estimate of drug-likeness (QED) is 0.454. The van der Waals surface area contributed by atoms with Crippen LogP contribution in [0.3, 0.4) is 0 Å². The maximum Gasteiger partial charge on any atom is 0.259 e. The Kier molecular flexibility index (Phi) is 5.24. The van der Waals surface area contributed by atoms with Crippen molar-refractivity contribution in [1.82, 2.24) is 19.3 Å². The van der Waals surface area contributed by atoms with Gasteiger partial charge in [0, 0.05) is 49.0 Å². The highest BCUT2D eigenvalue weighted by Crippen LogP contribution is 2.35. The van der Waals surface area contributed by atoms with Gasteiger partial charge >= 0.3 is 0 Å². The second-order valence-corrected chi connectivity index (χ2v) is 7.80. The van der Waals surface area contributed by atoms with E-state index in [-0.39, 0.29) is 5.91 Å². The van der Waals surface area contributed by atoms with Gasteiger partial charge in [-0.1, -0.05) is 6.07 Å². The summed E-state index contributed by atoms with van der Waals surface area (Å²) in [4.78, 5) is 16.1. The minimum absolute atomic E-state index is 0.255. The zero-order valence-electron chi connectivity index (χ0n) is 17.4. The van der Waals surface area contributed by atoms with E-state index in [1.807, 2.05) is 53.2 Å². The molecule has 0 saturated carbocycles. The minimum atomic E-state index is -0.255. The van der Waals surface area contributed by atoms with E-state index in [0.717, 1.165) is 17.7 Å². The molecule has 8 nitrogen and oxygen atoms in total. The smallest absolute Gasteiger partial charge is 0.259 e. The fraction of sp³-hybridized carbons (Fsp3) is 0.174. The molecule has 5 rings (SSSR count). The number of ether oxygens (including phenoxy) is 2. The lowest BCUT2D eigenvalue weighted by molar-refractivity contribution is 0.102. The van der Waals surface area contributed by atoms with Gasteiger partial charge in [0.05, 0.1) is 18.8 Å². The number of anilines is 1. The molecule has 0 saturated heterocycles. The largest absolute Gasteiger partial charge is 0.490 e. The van der Waals surface area contributed by atoms with Crippen LogP contribution in [0.1, 0.15) is 16.8 Å². The van der Waals surface area contributed by atoms with E-state index in [1.165, 1.54) is 0 Å². The maximum atomic E-state index is 13.2. The lowest BCUT2D eigenvalue weighted by atomic mass is 10.1. The van der Waals surface area contributed by atoms with Crippen molar-refractivity contribution < 1.29 is 14.3 Å². The van der Waals surface area contributed by atoms with Crippen LogP contribution >= 0.6 is 12.2 Å². The van der Waals surface area contributed by atoms with Gasteiger partial charge < -0.3 is 19.8 Å². The number of carbonyl (C=O) groups is 1. The molecule has 1 amide bonds. The predicted octanol–water partition coefficient (Wildman–Crippen LogP) is 4.35. The summed E-state index contributed by atoms with van der Waals surface area (Å²) in [6, 6.07) is 13.1. The van der Waals surface area contributed by atoms with Crippen LogP contribution in [-0.4, -0.2) is 38.5 Å². The van der Waals surface area contributed by atoms with Gasteiger partial charge in [0.15, 0.2) is 16.3 Å². The van der Waals surface area contributed by atoms with Gasteiger partial charge in [0.25, 0.3) is 5.91 Å². The van der Waals surface area contributed by atoms with Crippen LogP contribution in [-0.2, 0) is 7.05 Å². The monoisotopic (exact) mass is 447 g/mol. The zero-order chi connectivity index (χ0) is 22.1. The number of fused-ring (bicyclic) bond motifs is 1. The Morgan fingerprint density at radius 1 is 1.16 bits per heavy atom. The minimum Gasteiger partial charge on any atom is -0.490 e. The molecule has 0 spiro atoms. The van der Waals surface area contributed by atoms with Gasteiger partial charge in [0.1, 0.15) is 5.69 Å². The van der Waals surface area contributed by atoms with E-state index >= 15 is 0 Å². The average molecular weight is 448 g/mol. The number of aromatic nitrogens is 4. The van der Waals surface area contributed by atoms with Gasteiger partial charge in [-0.05, 0) is 48.6 Å². The molecule has 162 valence electrons. The zero-order valence-corrected chi connectivity index (χ0v) is 18.2. The molecule has 0 fully saturated rings. The fourth-order valence-corrected chi connectivity index (χ4v) is 3.87. The van der Waals surface area contributed by atoms with E-state index in [0.29, 0.717) is 46.4 Å². The van der Waals surface area contributed by atoms with Gasteiger partial charge in [-0.3, -0.25) is 14.0 Å². The topological polar surface area (TPSA) is 86.1 Å². The molecule has 2 aromatic carbocycles. The van der Waals surface area contributed by atoms with Gasteiger partial charge in [0.2, 0.25) is 0 Å². The van der Waals surface area contributed by atoms with Crippen LogP contribution in [0.4, 0.5) is 5.69 Å². The van der Waals surface area contributed by atoms with Gasteiger partial charge in [-0.2, -0.15) is 5.10 Å². The molecule has 0 radical (unpaired) electrons. The summed E-state index contributed by atoms with van der Waals surface area (Å²) in [5.41, 5.74) is 3.33. The lowest BCUT2D eigenvalue weighted by Crippen LogP contribution is -2.12. The second-order valence-electron chi connectivity index (χ2n) is 7.42. The molecular formula is C23H21N5O3S. The van der Waals surface area contributed by atoms with Crippen molar-refractivity contribution in [3.8, 4) is 28.4 Å². The molecule has 4 aromatic rings. The Hall–Kier alpha value is -3.85. The van der Waals surface area contributed by atoms with Crippen molar-refractivity contribution in [2.24, 2.45) is 7.05 Å². The second kappa shape index (κ2) is 8.35. The first kappa shape index (κ1) is 20.1. The molecule has 32 heavy (non-hydrogen) atoms. The lowest BCUT2D eigenvalue weighted by Gasteiger charge is -2.10. The Balaban J connectivity index is 1.44. The van der Waals surface area contributed by atoms with Gasteiger partial charge in [-0.25, -0.2) is 0 Å². The van der Waals surface area contributed by atoms with Crippen molar-refractivity contribution in [3.05, 3.63) is 71.4 Å². The number of aromatic amines is 1. The van der Waals surface area contributed by atoms with Gasteiger partial charge in [-0.15, -0.1) is 0 Å². The first-order valence-corrected chi connectivity index (χ1v) is 10.6. The van der Waals surface area contributed by atoms with E-state index in [9.17, 15) is 4.79 Å². The summed E-state index contributed by atoms with van der Waals surface area (Å²) < 4.78 is 15.5. The van der Waals surface area contributed by atoms with E-state index in [1.54, 1.807) is 24.1 Å². The summed E-state index contributed by atoms with van der Waals surface area (Å²) in [5, 5.41) is 7.49. The first-order valence-electron chi connectivity index (χ1n) is 10.2. The molecule has 9 heteroatoms. The van der Waals surface area contributed by atoms with Crippen molar-refractivity contribution in [3.63, 3.8) is 0 Å². The molecule has 1 aliphatic heterocycles. The van der Waals surface area contributed by atoms with Crippen molar-refractivity contribution in [1.29, 1.82) is 0 Å². The number of H-pyrrole nitrogens is 1. The van der Waals surface area contributed by atoms with Crippen LogP contribution in [0, 0.1) is 4.77 Å². The summed E-state index contributed by atoms with van der Waals surface area (Å²) in [7, 11) is 1.79. The van der Waals surface area contributed by atoms with Crippen LogP contribution < -0.4 is 14.8 Å². The standard InChI is InChI=1S/C23H21N5O3S/c1-27-14-18(21(26-27)15-6-7-19-20(12-15)31-11-3-10-30-19)22(29)25-16-4-2-5-17(13-16)28-9-8-24-23(28)32/h2,4-9,12-14H,3,10-11H2,1H3,(H,24,32)(H,25,29). The van der Waals surface area contributed by atoms with E-state index < -0.39 is 0 Å². The van der Waals surface area contributed by atoms with Crippen LogP contribution in [0.5, 0.6) is 11.5 Å². The molecule has 0 aliphatic carbocycles. The number of aryl methyl sites for hydroxylation is 1. The summed E-state index contributed by atoms with van der Waals surface area (Å²) in [5.74, 6) is 1.11. The van der Waals surface area contributed by atoms with Crippen LogP contribution in [0.25, 0.3) is 16.9 Å². The summed E-state index contributed by atoms with van der Waals surface area (Å²) in [6.07, 6.45) is 6.14. The maximum absolute atomic E-state index is 13.2. The highest BCUT2D eigenvalue weighted by molar-refractivity contribution is 7.71. The molecular weight excluding hydrogens is 426 g/mol. The van der Waals surface area contributed by atoms with Crippen molar-refractivity contribution in [2.45, 2.75) is 6.42 Å². The number of nitrogens with zero attached hydrogens (tertiary/aromatic N) is 3. The number of imidazole rings is 1. The van der Waals surface area contributed by atoms with Crippen molar-refractivity contribution >= 4 is 23.8 Å². The number of hydrogen-bond donors (Lipinski definition) is 2. The summed E-state index contributed by atoms with van der Waals surface area (Å²) >= 11 is 5.29. The number of rotatable bonds is 4. The number of carbonyl (C=O) groups excluding carboxylic acids is 1. The summed E-state index contributed by atoms with van der Waals surface area (Å²) in [6.45, 7) is 1.21. The molecule has 0 bridgehead atoms. The molecule has 1 aliphatic rings. The third-order valence-electron chi connectivity index (χ3n) is 5.13. The normalized spacial score (nSPS) is 12.9. The molecule has 2 N–H and O–H groups in total. The predicted molar refractivity (Wildman–Crippen MR) is 123 cm³/mol. The number of benzene rings is 2. The highest BCUT2D eigenvalue weighted by Gasteiger charge is 2.20. The van der Waals surface area contributed by atoms with Crippen LogP contribution in [0.15, 0.2) is 61.1 Å². The van der Waals surface area contributed by atoms with Crippen molar-refractivity contribution in [2.75, 3.05) is 18.5 Å². The highest BCUT2D eigenvalue weighted by atomic mass is 32.1. The van der Waals surface area contributed by atoms with E-state index in [4.69, 9.17) is 21.7 Å². The molecule has 0 atom stereocenters. The van der Waals surface area contributed by atoms with Crippen LogP contribution in [0.2, 0.25) is 0 Å². The Bertz CT molecular complexity index is 1350. The number of nitrogens with one attached hydrogen (secondary N) is 2. The molecule has 3 heterocycles. The Morgan fingerprint density at radius 2 is 2.00 bits per heavy atom. The number of amides is 1. The SMILES string of the molecule is Cn1cc(C(=O)Nc2cccc(-n3cc[nH]c3=S)c2)c(-c2ccc3c(c2)OCCCO3)n1. The molecule has 2 aromatic heterocycles. The fourth-order valence-electron chi connectivity index (χ4n) is 3.63. The first-order chi connectivity index (χ1) is 15.6. The number of hydrogen-bond acceptors (Lipinski definition) is 5. The third kappa shape index (κ3) is 3.90. The Morgan fingerprint density at radius 3 is 2.81 bits per heavy atom. The third-order valence-corrected chi connectivity index (χ3v) is 5.44. The Labute approximate surface area is 189 Å². The molecule has 0 unspecified atom stereocenters. The average Bonchev–Trinajstić information content (AvgIpc) is 3.31.